The Kier molecular flexibility index (Phi) is 3.52. The van der Waals surface area contributed by atoms with E-state index in [-0.39, 0.29) is 0 Å². The zero-order chi connectivity index (χ0) is 12.4. The first-order valence-electron chi connectivity index (χ1n) is 6.21. The van der Waals surface area contributed by atoms with Crippen LogP contribution >= 0.6 is 0 Å². The molecule has 1 fully saturated rings. The van der Waals surface area contributed by atoms with Gasteiger partial charge in [-0.2, -0.15) is 0 Å². The Hall–Kier alpha value is -1.29. The second-order valence-electron chi connectivity index (χ2n) is 5.09. The van der Waals surface area contributed by atoms with Gasteiger partial charge in [0.2, 0.25) is 0 Å². The van der Waals surface area contributed by atoms with Crippen molar-refractivity contribution in [2.75, 3.05) is 37.8 Å². The summed E-state index contributed by atoms with van der Waals surface area (Å²) in [5, 5.41) is 0. The monoisotopic (exact) mass is 234 g/mol. The van der Waals surface area contributed by atoms with E-state index < -0.39 is 0 Å². The van der Waals surface area contributed by atoms with Crippen molar-refractivity contribution in [3.8, 4) is 0 Å². The van der Waals surface area contributed by atoms with Crippen molar-refractivity contribution in [3.63, 3.8) is 0 Å². The molecular formula is C13H22N4. The van der Waals surface area contributed by atoms with Gasteiger partial charge >= 0.3 is 0 Å². The lowest BCUT2D eigenvalue weighted by Crippen LogP contribution is -2.42. The molecule has 1 aliphatic heterocycles. The molecule has 94 valence electrons. The number of pyridine rings is 1. The molecule has 0 unspecified atom stereocenters. The average molecular weight is 234 g/mol. The maximum atomic E-state index is 5.73. The first kappa shape index (κ1) is 12.2. The molecule has 2 N–H and O–H groups in total. The highest BCUT2D eigenvalue weighted by Gasteiger charge is 2.22. The van der Waals surface area contributed by atoms with Crippen LogP contribution in [0.15, 0.2) is 12.3 Å². The topological polar surface area (TPSA) is 45.4 Å². The summed E-state index contributed by atoms with van der Waals surface area (Å²) in [6, 6.07) is 2.71. The highest BCUT2D eigenvalue weighted by molar-refractivity contribution is 5.52. The minimum Gasteiger partial charge on any atom is -0.397 e. The van der Waals surface area contributed by atoms with Crippen molar-refractivity contribution in [2.45, 2.75) is 25.8 Å². The molecule has 4 nitrogen and oxygen atoms in total. The lowest BCUT2D eigenvalue weighted by molar-refractivity contribution is 0.249. The van der Waals surface area contributed by atoms with Gasteiger partial charge in [0, 0.05) is 19.1 Å². The number of nitrogen functional groups attached to an aromatic ring is 1. The normalized spacial score (nSPS) is 17.8. The van der Waals surface area contributed by atoms with Gasteiger partial charge in [0.05, 0.1) is 11.9 Å². The summed E-state index contributed by atoms with van der Waals surface area (Å²) in [4.78, 5) is 9.15. The molecule has 4 heteroatoms. The molecule has 2 heterocycles. The Labute approximate surface area is 103 Å². The van der Waals surface area contributed by atoms with E-state index in [1.807, 2.05) is 6.07 Å². The van der Waals surface area contributed by atoms with E-state index in [0.717, 1.165) is 24.6 Å². The Bertz CT molecular complexity index is 381. The second-order valence-corrected chi connectivity index (χ2v) is 5.09. The first-order valence-corrected chi connectivity index (χ1v) is 6.21. The van der Waals surface area contributed by atoms with Gasteiger partial charge in [0.25, 0.3) is 0 Å². The van der Waals surface area contributed by atoms with Gasteiger partial charge in [-0.1, -0.05) is 0 Å². The van der Waals surface area contributed by atoms with Gasteiger partial charge in [-0.3, -0.25) is 0 Å². The third-order valence-electron chi connectivity index (χ3n) is 3.57. The van der Waals surface area contributed by atoms with Crippen LogP contribution < -0.4 is 10.6 Å². The van der Waals surface area contributed by atoms with E-state index >= 15 is 0 Å². The van der Waals surface area contributed by atoms with Gasteiger partial charge in [-0.15, -0.1) is 0 Å². The van der Waals surface area contributed by atoms with Gasteiger partial charge in [-0.25, -0.2) is 4.98 Å². The Balaban J connectivity index is 2.05. The van der Waals surface area contributed by atoms with Crippen molar-refractivity contribution < 1.29 is 0 Å². The molecule has 0 bridgehead atoms. The minimum atomic E-state index is 0.709. The van der Waals surface area contributed by atoms with Crippen molar-refractivity contribution in [1.29, 1.82) is 0 Å². The summed E-state index contributed by atoms with van der Waals surface area (Å²) < 4.78 is 0. The molecule has 0 aliphatic carbocycles. The highest BCUT2D eigenvalue weighted by atomic mass is 15.2. The van der Waals surface area contributed by atoms with Gasteiger partial charge < -0.3 is 15.5 Å². The number of aryl methyl sites for hydroxylation is 1. The first-order chi connectivity index (χ1) is 8.08. The number of hydrogen-bond acceptors (Lipinski definition) is 4. The largest absolute Gasteiger partial charge is 0.397 e. The van der Waals surface area contributed by atoms with Gasteiger partial charge in [0.15, 0.2) is 0 Å². The second kappa shape index (κ2) is 4.92. The molecule has 1 aliphatic rings. The maximum Gasteiger partial charge on any atom is 0.131 e. The predicted molar refractivity (Wildman–Crippen MR) is 72.3 cm³/mol. The molecule has 0 radical (unpaired) electrons. The van der Waals surface area contributed by atoms with Crippen LogP contribution in [0, 0.1) is 6.92 Å². The standard InChI is InChI=1S/C13H22N4/c1-10-8-11(14)9-15-13(10)17-6-4-12(5-7-17)16(2)3/h8-9,12H,4-7,14H2,1-3H3. The molecule has 0 spiro atoms. The summed E-state index contributed by atoms with van der Waals surface area (Å²) >= 11 is 0. The molecule has 17 heavy (non-hydrogen) atoms. The van der Waals surface area contributed by atoms with E-state index in [0.29, 0.717) is 6.04 Å². The van der Waals surface area contributed by atoms with Crippen LogP contribution in [-0.4, -0.2) is 43.1 Å². The Morgan fingerprint density at radius 1 is 1.35 bits per heavy atom. The molecule has 1 aromatic heterocycles. The maximum absolute atomic E-state index is 5.73. The Morgan fingerprint density at radius 2 is 2.00 bits per heavy atom. The van der Waals surface area contributed by atoms with Crippen molar-refractivity contribution in [3.05, 3.63) is 17.8 Å². The third-order valence-corrected chi connectivity index (χ3v) is 3.57. The van der Waals surface area contributed by atoms with Gasteiger partial charge in [-0.05, 0) is 45.5 Å². The highest BCUT2D eigenvalue weighted by Crippen LogP contribution is 2.23. The Morgan fingerprint density at radius 3 is 2.53 bits per heavy atom. The third kappa shape index (κ3) is 2.69. The van der Waals surface area contributed by atoms with Crippen LogP contribution in [0.3, 0.4) is 0 Å². The predicted octanol–water partition coefficient (Wildman–Crippen LogP) is 1.50. The zero-order valence-corrected chi connectivity index (χ0v) is 11.0. The van der Waals surface area contributed by atoms with E-state index in [4.69, 9.17) is 5.73 Å². The number of nitrogens with zero attached hydrogens (tertiary/aromatic N) is 3. The van der Waals surface area contributed by atoms with Crippen molar-refractivity contribution in [2.24, 2.45) is 0 Å². The molecule has 0 saturated carbocycles. The minimum absolute atomic E-state index is 0.709. The van der Waals surface area contributed by atoms with Crippen LogP contribution in [0.1, 0.15) is 18.4 Å². The van der Waals surface area contributed by atoms with Crippen LogP contribution in [0.2, 0.25) is 0 Å². The molecule has 1 aromatic rings. The van der Waals surface area contributed by atoms with Crippen LogP contribution in [0.4, 0.5) is 11.5 Å². The summed E-state index contributed by atoms with van der Waals surface area (Å²) in [5.41, 5.74) is 7.65. The fourth-order valence-electron chi connectivity index (χ4n) is 2.51. The molecule has 0 aromatic carbocycles. The number of hydrogen-bond donors (Lipinski definition) is 1. The van der Waals surface area contributed by atoms with Crippen molar-refractivity contribution >= 4 is 11.5 Å². The fourth-order valence-corrected chi connectivity index (χ4v) is 2.51. The number of anilines is 2. The van der Waals surface area contributed by atoms with E-state index in [2.05, 4.69) is 35.8 Å². The van der Waals surface area contributed by atoms with E-state index in [1.165, 1.54) is 18.4 Å². The smallest absolute Gasteiger partial charge is 0.131 e. The van der Waals surface area contributed by atoms with Crippen LogP contribution in [-0.2, 0) is 0 Å². The number of rotatable bonds is 2. The SMILES string of the molecule is Cc1cc(N)cnc1N1CCC(N(C)C)CC1. The van der Waals surface area contributed by atoms with Crippen molar-refractivity contribution in [1.82, 2.24) is 9.88 Å². The lowest BCUT2D eigenvalue weighted by atomic mass is 10.0. The van der Waals surface area contributed by atoms with E-state index in [1.54, 1.807) is 6.20 Å². The summed E-state index contributed by atoms with van der Waals surface area (Å²) in [6.45, 7) is 4.25. The number of aromatic nitrogens is 1. The summed E-state index contributed by atoms with van der Waals surface area (Å²) in [5.74, 6) is 1.09. The molecule has 1 saturated heterocycles. The summed E-state index contributed by atoms with van der Waals surface area (Å²) in [7, 11) is 4.32. The van der Waals surface area contributed by atoms with Crippen LogP contribution in [0.25, 0.3) is 0 Å². The van der Waals surface area contributed by atoms with Gasteiger partial charge in [0.1, 0.15) is 5.82 Å². The lowest BCUT2D eigenvalue weighted by Gasteiger charge is -2.36. The number of nitrogens with two attached hydrogens (primary N) is 1. The molecule has 0 amide bonds. The quantitative estimate of drug-likeness (QED) is 0.842. The molecule has 2 rings (SSSR count). The number of piperidine rings is 1. The molecule has 0 atom stereocenters. The summed E-state index contributed by atoms with van der Waals surface area (Å²) in [6.07, 6.45) is 4.16. The van der Waals surface area contributed by atoms with E-state index in [9.17, 15) is 0 Å². The van der Waals surface area contributed by atoms with Crippen LogP contribution in [0.5, 0.6) is 0 Å². The zero-order valence-electron chi connectivity index (χ0n) is 11.0. The average Bonchev–Trinajstić information content (AvgIpc) is 2.29. The fraction of sp³-hybridized carbons (Fsp3) is 0.615. The molecular weight excluding hydrogens is 212 g/mol.